The van der Waals surface area contributed by atoms with Crippen LogP contribution in [0, 0.1) is 17.7 Å². The summed E-state index contributed by atoms with van der Waals surface area (Å²) < 4.78 is 25.2. The van der Waals surface area contributed by atoms with Gasteiger partial charge in [-0.2, -0.15) is 0 Å². The van der Waals surface area contributed by atoms with Gasteiger partial charge in [-0.3, -0.25) is 4.79 Å². The molecule has 1 aromatic carbocycles. The van der Waals surface area contributed by atoms with Gasteiger partial charge in [0.05, 0.1) is 5.92 Å². The molecule has 0 N–H and O–H groups in total. The van der Waals surface area contributed by atoms with Gasteiger partial charge in [0.1, 0.15) is 17.0 Å². The van der Waals surface area contributed by atoms with Gasteiger partial charge >= 0.3 is 12.1 Å². The van der Waals surface area contributed by atoms with Crippen LogP contribution in [0.4, 0.5) is 9.18 Å². The molecule has 2 rings (SSSR count). The van der Waals surface area contributed by atoms with Crippen molar-refractivity contribution in [2.45, 2.75) is 70.9 Å². The zero-order chi connectivity index (χ0) is 22.7. The Bertz CT molecular complexity index is 769. The van der Waals surface area contributed by atoms with Gasteiger partial charge < -0.3 is 14.4 Å². The first-order valence-corrected chi connectivity index (χ1v) is 11.4. The predicted octanol–water partition coefficient (Wildman–Crippen LogP) is 5.48. The second-order valence-electron chi connectivity index (χ2n) is 9.92. The van der Waals surface area contributed by atoms with Crippen molar-refractivity contribution in [1.29, 1.82) is 0 Å². The molecule has 1 amide bonds. The SMILES string of the molecule is CC(C)(C)OC(=O)[C@@H](Cc1cc(F)cc(CBr)c1)[C@H]1CCN(C(=O)OC(C)(C)C)C1. The Morgan fingerprint density at radius 3 is 2.27 bits per heavy atom. The Hall–Kier alpha value is -1.63. The molecule has 1 fully saturated rings. The summed E-state index contributed by atoms with van der Waals surface area (Å²) in [6.45, 7) is 11.9. The lowest BCUT2D eigenvalue weighted by Gasteiger charge is -2.28. The van der Waals surface area contributed by atoms with Crippen molar-refractivity contribution in [3.63, 3.8) is 0 Å². The first kappa shape index (κ1) is 24.6. The molecule has 30 heavy (non-hydrogen) atoms. The van der Waals surface area contributed by atoms with E-state index in [-0.39, 0.29) is 23.8 Å². The number of likely N-dealkylation sites (tertiary alicyclic amines) is 1. The van der Waals surface area contributed by atoms with Crippen LogP contribution in [0.25, 0.3) is 0 Å². The maximum absolute atomic E-state index is 14.0. The highest BCUT2D eigenvalue weighted by molar-refractivity contribution is 9.08. The third-order valence-electron chi connectivity index (χ3n) is 4.78. The second-order valence-corrected chi connectivity index (χ2v) is 10.5. The van der Waals surface area contributed by atoms with Crippen LogP contribution in [0.3, 0.4) is 0 Å². The maximum atomic E-state index is 14.0. The van der Waals surface area contributed by atoms with Crippen molar-refractivity contribution in [2.24, 2.45) is 11.8 Å². The summed E-state index contributed by atoms with van der Waals surface area (Å²) >= 11 is 3.36. The minimum Gasteiger partial charge on any atom is -0.460 e. The van der Waals surface area contributed by atoms with E-state index >= 15 is 0 Å². The third-order valence-corrected chi connectivity index (χ3v) is 5.43. The predicted molar refractivity (Wildman–Crippen MR) is 118 cm³/mol. The summed E-state index contributed by atoms with van der Waals surface area (Å²) in [4.78, 5) is 27.1. The molecular formula is C23H33BrFNO4. The molecule has 0 unspecified atom stereocenters. The van der Waals surface area contributed by atoms with Crippen molar-refractivity contribution in [2.75, 3.05) is 13.1 Å². The highest BCUT2D eigenvalue weighted by atomic mass is 79.9. The maximum Gasteiger partial charge on any atom is 0.410 e. The number of alkyl halides is 1. The van der Waals surface area contributed by atoms with E-state index in [0.717, 1.165) is 11.1 Å². The normalized spacial score (nSPS) is 18.3. The highest BCUT2D eigenvalue weighted by Crippen LogP contribution is 2.31. The van der Waals surface area contributed by atoms with E-state index in [0.29, 0.717) is 31.3 Å². The molecule has 0 aromatic heterocycles. The average molecular weight is 486 g/mol. The molecule has 1 aromatic rings. The van der Waals surface area contributed by atoms with Gasteiger partial charge in [0.2, 0.25) is 0 Å². The zero-order valence-electron chi connectivity index (χ0n) is 18.8. The van der Waals surface area contributed by atoms with Crippen LogP contribution >= 0.6 is 15.9 Å². The molecule has 0 spiro atoms. The minimum atomic E-state index is -0.623. The van der Waals surface area contributed by atoms with Crippen molar-refractivity contribution in [1.82, 2.24) is 4.90 Å². The number of esters is 1. The van der Waals surface area contributed by atoms with E-state index in [1.807, 2.05) is 47.6 Å². The lowest BCUT2D eigenvalue weighted by molar-refractivity contribution is -0.161. The minimum absolute atomic E-state index is 0.0805. The fraction of sp³-hybridized carbons (Fsp3) is 0.652. The van der Waals surface area contributed by atoms with E-state index in [2.05, 4.69) is 15.9 Å². The molecule has 7 heteroatoms. The molecule has 0 saturated carbocycles. The molecule has 1 aliphatic heterocycles. The Labute approximate surface area is 187 Å². The first-order chi connectivity index (χ1) is 13.8. The molecular weight excluding hydrogens is 453 g/mol. The van der Waals surface area contributed by atoms with Gasteiger partial charge in [0.25, 0.3) is 0 Å². The third kappa shape index (κ3) is 7.56. The van der Waals surface area contributed by atoms with Crippen molar-refractivity contribution in [3.8, 4) is 0 Å². The van der Waals surface area contributed by atoms with E-state index in [1.54, 1.807) is 4.90 Å². The quantitative estimate of drug-likeness (QED) is 0.409. The molecule has 0 aliphatic carbocycles. The summed E-state index contributed by atoms with van der Waals surface area (Å²) in [5.74, 6) is -1.19. The van der Waals surface area contributed by atoms with Gasteiger partial charge in [-0.1, -0.05) is 22.0 Å². The number of hydrogen-bond donors (Lipinski definition) is 0. The molecule has 1 saturated heterocycles. The number of rotatable bonds is 5. The monoisotopic (exact) mass is 485 g/mol. The summed E-state index contributed by atoms with van der Waals surface area (Å²) in [7, 11) is 0. The fourth-order valence-corrected chi connectivity index (χ4v) is 3.92. The number of ether oxygens (including phenoxy) is 2. The first-order valence-electron chi connectivity index (χ1n) is 10.3. The Kier molecular flexibility index (Phi) is 7.94. The van der Waals surface area contributed by atoms with Crippen molar-refractivity contribution < 1.29 is 23.5 Å². The van der Waals surface area contributed by atoms with Crippen molar-refractivity contribution in [3.05, 3.63) is 35.1 Å². The molecule has 1 aliphatic rings. The topological polar surface area (TPSA) is 55.8 Å². The van der Waals surface area contributed by atoms with Gasteiger partial charge in [0.15, 0.2) is 0 Å². The number of carbonyl (C=O) groups excluding carboxylic acids is 2. The molecule has 0 radical (unpaired) electrons. The van der Waals surface area contributed by atoms with Crippen LogP contribution < -0.4 is 0 Å². The van der Waals surface area contributed by atoms with Crippen LogP contribution in [0.2, 0.25) is 0 Å². The smallest absolute Gasteiger partial charge is 0.410 e. The number of carbonyl (C=O) groups is 2. The lowest BCUT2D eigenvalue weighted by atomic mass is 9.85. The summed E-state index contributed by atoms with van der Waals surface area (Å²) in [6, 6.07) is 4.83. The van der Waals surface area contributed by atoms with Gasteiger partial charge in [0, 0.05) is 18.4 Å². The van der Waals surface area contributed by atoms with Gasteiger partial charge in [-0.25, -0.2) is 9.18 Å². The summed E-state index contributed by atoms with van der Waals surface area (Å²) in [5.41, 5.74) is 0.362. The Balaban J connectivity index is 2.21. The number of nitrogens with zero attached hydrogens (tertiary/aromatic N) is 1. The highest BCUT2D eigenvalue weighted by Gasteiger charge is 2.39. The van der Waals surface area contributed by atoms with E-state index in [4.69, 9.17) is 9.47 Å². The molecule has 168 valence electrons. The van der Waals surface area contributed by atoms with Crippen molar-refractivity contribution >= 4 is 28.0 Å². The van der Waals surface area contributed by atoms with Gasteiger partial charge in [-0.05, 0) is 83.6 Å². The number of benzene rings is 1. The largest absolute Gasteiger partial charge is 0.460 e. The van der Waals surface area contributed by atoms with E-state index < -0.39 is 17.1 Å². The standard InChI is InChI=1S/C23H33BrFNO4/c1-22(2,3)29-20(27)19(12-15-9-16(13-24)11-18(25)10-15)17-7-8-26(14-17)21(28)30-23(4,5)6/h9-11,17,19H,7-8,12-14H2,1-6H3/t17-,19-/m0/s1. The number of halogens is 2. The molecule has 1 heterocycles. The van der Waals surface area contributed by atoms with Gasteiger partial charge in [-0.15, -0.1) is 0 Å². The number of amides is 1. The van der Waals surface area contributed by atoms with Crippen LogP contribution in [0.5, 0.6) is 0 Å². The van der Waals surface area contributed by atoms with Crippen LogP contribution in [0.1, 0.15) is 59.1 Å². The van der Waals surface area contributed by atoms with Crippen LogP contribution in [-0.2, 0) is 26.0 Å². The summed E-state index contributed by atoms with van der Waals surface area (Å²) in [5, 5.41) is 0.532. The molecule has 5 nitrogen and oxygen atoms in total. The zero-order valence-corrected chi connectivity index (χ0v) is 20.3. The van der Waals surface area contributed by atoms with Crippen LogP contribution in [-0.4, -0.2) is 41.3 Å². The Morgan fingerprint density at radius 1 is 1.10 bits per heavy atom. The Morgan fingerprint density at radius 2 is 1.70 bits per heavy atom. The number of hydrogen-bond acceptors (Lipinski definition) is 4. The average Bonchev–Trinajstić information content (AvgIpc) is 3.06. The summed E-state index contributed by atoms with van der Waals surface area (Å²) in [6.07, 6.45) is 0.656. The lowest BCUT2D eigenvalue weighted by Crippen LogP contribution is -2.38. The molecule has 0 bridgehead atoms. The fourth-order valence-electron chi connectivity index (χ4n) is 3.59. The molecule has 2 atom stereocenters. The second kappa shape index (κ2) is 9.67. The van der Waals surface area contributed by atoms with E-state index in [9.17, 15) is 14.0 Å². The van der Waals surface area contributed by atoms with Crippen LogP contribution in [0.15, 0.2) is 18.2 Å². The van der Waals surface area contributed by atoms with E-state index in [1.165, 1.54) is 12.1 Å².